The fourth-order valence-corrected chi connectivity index (χ4v) is 2.30. The zero-order valence-corrected chi connectivity index (χ0v) is 11.2. The minimum atomic E-state index is -1.50. The van der Waals surface area contributed by atoms with Gasteiger partial charge in [-0.1, -0.05) is 6.42 Å². The molecule has 0 aliphatic carbocycles. The summed E-state index contributed by atoms with van der Waals surface area (Å²) in [6.45, 7) is 2.39. The largest absolute Gasteiger partial charge is 0.348 e. The molecule has 0 aromatic heterocycles. The minimum absolute atomic E-state index is 0.200. The predicted molar refractivity (Wildman–Crippen MR) is 68.5 cm³/mol. The highest BCUT2D eigenvalue weighted by atomic mass is 19.2. The summed E-state index contributed by atoms with van der Waals surface area (Å²) < 4.78 is 39.2. The SMILES string of the molecule is CC(NC(=O)C1CCCCN1)c1cc(F)c(F)c(F)c1. The molecule has 1 aromatic carbocycles. The molecule has 0 spiro atoms. The van der Waals surface area contributed by atoms with E-state index in [4.69, 9.17) is 0 Å². The van der Waals surface area contributed by atoms with Gasteiger partial charge in [0.15, 0.2) is 17.5 Å². The molecule has 1 saturated heterocycles. The molecule has 1 aliphatic heterocycles. The van der Waals surface area contributed by atoms with Crippen LogP contribution in [0.1, 0.15) is 37.8 Å². The van der Waals surface area contributed by atoms with Crippen molar-refractivity contribution >= 4 is 5.91 Å². The number of carbonyl (C=O) groups is 1. The highest BCUT2D eigenvalue weighted by Crippen LogP contribution is 2.19. The fraction of sp³-hybridized carbons (Fsp3) is 0.500. The van der Waals surface area contributed by atoms with E-state index in [-0.39, 0.29) is 17.5 Å². The second kappa shape index (κ2) is 6.26. The van der Waals surface area contributed by atoms with Crippen LogP contribution in [0.15, 0.2) is 12.1 Å². The molecule has 2 atom stereocenters. The lowest BCUT2D eigenvalue weighted by Crippen LogP contribution is -2.47. The summed E-state index contributed by atoms with van der Waals surface area (Å²) in [4.78, 5) is 12.0. The van der Waals surface area contributed by atoms with Gasteiger partial charge in [-0.3, -0.25) is 4.79 Å². The number of hydrogen-bond donors (Lipinski definition) is 2. The van der Waals surface area contributed by atoms with Crippen molar-refractivity contribution in [3.05, 3.63) is 35.1 Å². The van der Waals surface area contributed by atoms with Crippen molar-refractivity contribution < 1.29 is 18.0 Å². The van der Waals surface area contributed by atoms with Crippen molar-refractivity contribution in [3.63, 3.8) is 0 Å². The molecule has 1 aromatic rings. The van der Waals surface area contributed by atoms with E-state index in [1.54, 1.807) is 6.92 Å². The van der Waals surface area contributed by atoms with Gasteiger partial charge in [0, 0.05) is 0 Å². The maximum atomic E-state index is 13.2. The van der Waals surface area contributed by atoms with E-state index in [0.717, 1.165) is 37.9 Å². The summed E-state index contributed by atoms with van der Waals surface area (Å²) in [5, 5.41) is 5.77. The van der Waals surface area contributed by atoms with Crippen LogP contribution in [-0.4, -0.2) is 18.5 Å². The first kappa shape index (κ1) is 14.8. The van der Waals surface area contributed by atoms with Crippen LogP contribution in [0.2, 0.25) is 0 Å². The van der Waals surface area contributed by atoms with Crippen molar-refractivity contribution in [1.29, 1.82) is 0 Å². The van der Waals surface area contributed by atoms with Gasteiger partial charge >= 0.3 is 0 Å². The molecule has 2 N–H and O–H groups in total. The summed E-state index contributed by atoms with van der Waals surface area (Å²) in [6.07, 6.45) is 2.75. The van der Waals surface area contributed by atoms with Crippen LogP contribution in [0.25, 0.3) is 0 Å². The van der Waals surface area contributed by atoms with E-state index in [1.807, 2.05) is 0 Å². The zero-order valence-electron chi connectivity index (χ0n) is 11.2. The third-order valence-corrected chi connectivity index (χ3v) is 3.49. The van der Waals surface area contributed by atoms with Crippen LogP contribution < -0.4 is 10.6 Å². The number of amides is 1. The molecule has 0 radical (unpaired) electrons. The molecule has 20 heavy (non-hydrogen) atoms. The first-order chi connectivity index (χ1) is 9.49. The van der Waals surface area contributed by atoms with Gasteiger partial charge in [0.1, 0.15) is 0 Å². The quantitative estimate of drug-likeness (QED) is 0.838. The van der Waals surface area contributed by atoms with E-state index in [2.05, 4.69) is 10.6 Å². The Morgan fingerprint density at radius 1 is 1.30 bits per heavy atom. The Morgan fingerprint density at radius 3 is 2.50 bits per heavy atom. The average molecular weight is 286 g/mol. The average Bonchev–Trinajstić information content (AvgIpc) is 2.45. The van der Waals surface area contributed by atoms with Crippen LogP contribution in [0.5, 0.6) is 0 Å². The minimum Gasteiger partial charge on any atom is -0.348 e. The first-order valence-electron chi connectivity index (χ1n) is 6.67. The van der Waals surface area contributed by atoms with E-state index in [0.29, 0.717) is 0 Å². The summed E-state index contributed by atoms with van der Waals surface area (Å²) >= 11 is 0. The highest BCUT2D eigenvalue weighted by molar-refractivity contribution is 5.82. The zero-order chi connectivity index (χ0) is 14.7. The van der Waals surface area contributed by atoms with Crippen LogP contribution in [-0.2, 0) is 4.79 Å². The van der Waals surface area contributed by atoms with Gasteiger partial charge in [-0.15, -0.1) is 0 Å². The summed E-state index contributed by atoms with van der Waals surface area (Å²) in [7, 11) is 0. The van der Waals surface area contributed by atoms with Gasteiger partial charge in [-0.2, -0.15) is 0 Å². The molecule has 2 unspecified atom stereocenters. The third-order valence-electron chi connectivity index (χ3n) is 3.49. The van der Waals surface area contributed by atoms with Gasteiger partial charge in [0.05, 0.1) is 12.1 Å². The molecule has 1 heterocycles. The molecule has 1 aliphatic rings. The third kappa shape index (κ3) is 3.30. The Kier molecular flexibility index (Phi) is 4.65. The number of rotatable bonds is 3. The Morgan fingerprint density at radius 2 is 1.95 bits per heavy atom. The van der Waals surface area contributed by atoms with Crippen molar-refractivity contribution in [2.24, 2.45) is 0 Å². The standard InChI is InChI=1S/C14H17F3N2O/c1-8(9-6-10(15)13(17)11(16)7-9)19-14(20)12-4-2-3-5-18-12/h6-8,12,18H,2-5H2,1H3,(H,19,20). The Bertz CT molecular complexity index is 478. The maximum absolute atomic E-state index is 13.2. The van der Waals surface area contributed by atoms with Crippen LogP contribution >= 0.6 is 0 Å². The lowest BCUT2D eigenvalue weighted by atomic mass is 10.0. The van der Waals surface area contributed by atoms with Crippen LogP contribution in [0.3, 0.4) is 0 Å². The topological polar surface area (TPSA) is 41.1 Å². The van der Waals surface area contributed by atoms with Gasteiger partial charge in [0.25, 0.3) is 0 Å². The van der Waals surface area contributed by atoms with Crippen LogP contribution in [0, 0.1) is 17.5 Å². The molecule has 0 saturated carbocycles. The summed E-state index contributed by atoms with van der Waals surface area (Å²) in [5.74, 6) is -4.21. The molecular formula is C14H17F3N2O. The van der Waals surface area contributed by atoms with Gasteiger partial charge in [-0.25, -0.2) is 13.2 Å². The number of nitrogens with one attached hydrogen (secondary N) is 2. The van der Waals surface area contributed by atoms with Crippen molar-refractivity contribution in [2.75, 3.05) is 6.54 Å². The molecule has 2 rings (SSSR count). The van der Waals surface area contributed by atoms with Crippen LogP contribution in [0.4, 0.5) is 13.2 Å². The number of piperidine rings is 1. The maximum Gasteiger partial charge on any atom is 0.237 e. The molecule has 0 bridgehead atoms. The fourth-order valence-electron chi connectivity index (χ4n) is 2.30. The Hall–Kier alpha value is -1.56. The number of carbonyl (C=O) groups excluding carboxylic acids is 1. The molecule has 110 valence electrons. The Balaban J connectivity index is 2.04. The lowest BCUT2D eigenvalue weighted by Gasteiger charge is -2.24. The molecule has 1 fully saturated rings. The van der Waals surface area contributed by atoms with Crippen molar-refractivity contribution in [3.8, 4) is 0 Å². The van der Waals surface area contributed by atoms with E-state index in [1.165, 1.54) is 0 Å². The molecular weight excluding hydrogens is 269 g/mol. The van der Waals surface area contributed by atoms with E-state index < -0.39 is 23.5 Å². The molecule has 3 nitrogen and oxygen atoms in total. The number of hydrogen-bond acceptors (Lipinski definition) is 2. The van der Waals surface area contributed by atoms with Gasteiger partial charge in [0.2, 0.25) is 5.91 Å². The highest BCUT2D eigenvalue weighted by Gasteiger charge is 2.23. The second-order valence-corrected chi connectivity index (χ2v) is 5.03. The second-order valence-electron chi connectivity index (χ2n) is 5.03. The van der Waals surface area contributed by atoms with E-state index in [9.17, 15) is 18.0 Å². The Labute approximate surface area is 115 Å². The van der Waals surface area contributed by atoms with Gasteiger partial charge in [-0.05, 0) is 44.0 Å². The molecule has 1 amide bonds. The summed E-state index contributed by atoms with van der Waals surface area (Å²) in [5.41, 5.74) is 0.200. The number of benzene rings is 1. The first-order valence-corrected chi connectivity index (χ1v) is 6.67. The predicted octanol–water partition coefficient (Wildman–Crippen LogP) is 2.42. The summed E-state index contributed by atoms with van der Waals surface area (Å²) in [6, 6.07) is 0.937. The molecule has 6 heteroatoms. The van der Waals surface area contributed by atoms with Gasteiger partial charge < -0.3 is 10.6 Å². The normalized spacial score (nSPS) is 20.5. The van der Waals surface area contributed by atoms with E-state index >= 15 is 0 Å². The monoisotopic (exact) mass is 286 g/mol. The smallest absolute Gasteiger partial charge is 0.237 e. The number of halogens is 3. The van der Waals surface area contributed by atoms with Crippen molar-refractivity contribution in [1.82, 2.24) is 10.6 Å². The van der Waals surface area contributed by atoms with Crippen molar-refractivity contribution in [2.45, 2.75) is 38.3 Å². The lowest BCUT2D eigenvalue weighted by molar-refractivity contribution is -0.124.